The molecule has 0 amide bonds. The zero-order valence-corrected chi connectivity index (χ0v) is 13.3. The first kappa shape index (κ1) is 14.7. The Hall–Kier alpha value is -1.68. The molecule has 1 aromatic heterocycles. The van der Waals surface area contributed by atoms with E-state index in [1.807, 2.05) is 52.8 Å². The van der Waals surface area contributed by atoms with Crippen LogP contribution < -0.4 is 0 Å². The maximum atomic E-state index is 11.4. The molecule has 0 fully saturated rings. The van der Waals surface area contributed by atoms with Crippen LogP contribution in [-0.2, 0) is 5.41 Å². The first-order chi connectivity index (χ1) is 9.20. The lowest BCUT2D eigenvalue weighted by molar-refractivity contribution is 0.0692. The van der Waals surface area contributed by atoms with Gasteiger partial charge in [0.05, 0.1) is 9.88 Å². The molecule has 0 aliphatic carbocycles. The number of carbonyl (C=O) groups is 1. The number of aryl methyl sites for hydroxylation is 2. The maximum absolute atomic E-state index is 11.4. The normalized spacial score (nSPS) is 11.7. The van der Waals surface area contributed by atoms with Gasteiger partial charge in [-0.3, -0.25) is 0 Å². The van der Waals surface area contributed by atoms with Gasteiger partial charge in [0.25, 0.3) is 0 Å². The number of nitrogens with zero attached hydrogens (tertiary/aromatic N) is 1. The fourth-order valence-electron chi connectivity index (χ4n) is 1.86. The highest BCUT2D eigenvalue weighted by Gasteiger charge is 2.25. The molecule has 1 heterocycles. The van der Waals surface area contributed by atoms with Crippen molar-refractivity contribution < 1.29 is 9.90 Å². The van der Waals surface area contributed by atoms with Gasteiger partial charge in [-0.2, -0.15) is 0 Å². The molecular weight excluding hydrogens is 270 g/mol. The Balaban J connectivity index is 2.63. The lowest BCUT2D eigenvalue weighted by atomic mass is 9.98. The smallest absolute Gasteiger partial charge is 0.356 e. The Kier molecular flexibility index (Phi) is 3.69. The number of hydrogen-bond acceptors (Lipinski definition) is 3. The number of carboxylic acids is 1. The highest BCUT2D eigenvalue weighted by Crippen LogP contribution is 2.36. The summed E-state index contributed by atoms with van der Waals surface area (Å²) in [6.07, 6.45) is 0. The van der Waals surface area contributed by atoms with E-state index >= 15 is 0 Å². The molecule has 4 heteroatoms. The monoisotopic (exact) mass is 289 g/mol. The van der Waals surface area contributed by atoms with Gasteiger partial charge in [0, 0.05) is 5.41 Å². The summed E-state index contributed by atoms with van der Waals surface area (Å²) in [5.74, 6) is -0.968. The Morgan fingerprint density at radius 3 is 2.35 bits per heavy atom. The largest absolute Gasteiger partial charge is 0.476 e. The minimum absolute atomic E-state index is 0.146. The minimum atomic E-state index is -0.968. The number of rotatable bonds is 2. The first-order valence-corrected chi connectivity index (χ1v) is 7.34. The van der Waals surface area contributed by atoms with Gasteiger partial charge in [-0.15, -0.1) is 11.3 Å². The van der Waals surface area contributed by atoms with Crippen molar-refractivity contribution in [3.05, 3.63) is 40.0 Å². The summed E-state index contributed by atoms with van der Waals surface area (Å²) in [7, 11) is 0. The van der Waals surface area contributed by atoms with Crippen molar-refractivity contribution in [2.75, 3.05) is 0 Å². The van der Waals surface area contributed by atoms with Gasteiger partial charge in [0.1, 0.15) is 0 Å². The topological polar surface area (TPSA) is 50.2 Å². The van der Waals surface area contributed by atoms with Crippen molar-refractivity contribution in [3.63, 3.8) is 0 Å². The summed E-state index contributed by atoms with van der Waals surface area (Å²) < 4.78 is 0. The molecule has 0 aliphatic rings. The van der Waals surface area contributed by atoms with E-state index in [0.29, 0.717) is 0 Å². The van der Waals surface area contributed by atoms with Gasteiger partial charge in [-0.1, -0.05) is 39.0 Å². The Morgan fingerprint density at radius 2 is 1.85 bits per heavy atom. The molecule has 0 bridgehead atoms. The molecule has 1 N–H and O–H groups in total. The number of benzene rings is 1. The van der Waals surface area contributed by atoms with Crippen LogP contribution in [0.4, 0.5) is 0 Å². The molecule has 106 valence electrons. The third kappa shape index (κ3) is 2.75. The predicted molar refractivity (Wildman–Crippen MR) is 82.7 cm³/mol. The molecule has 2 aromatic rings. The SMILES string of the molecule is Cc1ccc(-c2sc(C(C)(C)C)nc2C(=O)O)cc1C. The molecule has 1 aromatic carbocycles. The molecule has 3 nitrogen and oxygen atoms in total. The maximum Gasteiger partial charge on any atom is 0.356 e. The second-order valence-corrected chi connectivity index (χ2v) is 7.05. The number of thiazole rings is 1. The lowest BCUT2D eigenvalue weighted by Gasteiger charge is -2.13. The van der Waals surface area contributed by atoms with E-state index < -0.39 is 5.97 Å². The summed E-state index contributed by atoms with van der Waals surface area (Å²) in [5, 5.41) is 10.2. The van der Waals surface area contributed by atoms with E-state index in [-0.39, 0.29) is 11.1 Å². The van der Waals surface area contributed by atoms with Crippen LogP contribution in [0.2, 0.25) is 0 Å². The number of carboxylic acid groups (broad SMARTS) is 1. The quantitative estimate of drug-likeness (QED) is 0.890. The van der Waals surface area contributed by atoms with Crippen LogP contribution in [0.25, 0.3) is 10.4 Å². The zero-order valence-electron chi connectivity index (χ0n) is 12.4. The predicted octanol–water partition coefficient (Wildman–Crippen LogP) is 4.42. The summed E-state index contributed by atoms with van der Waals surface area (Å²) in [4.78, 5) is 16.5. The van der Waals surface area contributed by atoms with E-state index in [9.17, 15) is 9.90 Å². The summed E-state index contributed by atoms with van der Waals surface area (Å²) >= 11 is 1.47. The number of aromatic nitrogens is 1. The summed E-state index contributed by atoms with van der Waals surface area (Å²) in [6.45, 7) is 10.2. The molecule has 0 spiro atoms. The van der Waals surface area contributed by atoms with Gasteiger partial charge < -0.3 is 5.11 Å². The van der Waals surface area contributed by atoms with Crippen molar-refractivity contribution in [3.8, 4) is 10.4 Å². The van der Waals surface area contributed by atoms with Crippen LogP contribution in [-0.4, -0.2) is 16.1 Å². The minimum Gasteiger partial charge on any atom is -0.476 e. The number of aromatic carboxylic acids is 1. The fraction of sp³-hybridized carbons (Fsp3) is 0.375. The molecule has 0 radical (unpaired) electrons. The second-order valence-electron chi connectivity index (χ2n) is 6.05. The summed E-state index contributed by atoms with van der Waals surface area (Å²) in [6, 6.07) is 6.02. The van der Waals surface area contributed by atoms with Crippen molar-refractivity contribution in [2.24, 2.45) is 0 Å². The second kappa shape index (κ2) is 5.02. The van der Waals surface area contributed by atoms with Gasteiger partial charge >= 0.3 is 5.97 Å². The average Bonchev–Trinajstić information content (AvgIpc) is 2.77. The molecule has 0 aliphatic heterocycles. The Labute approximate surface area is 123 Å². The molecule has 0 saturated carbocycles. The van der Waals surface area contributed by atoms with Crippen molar-refractivity contribution in [1.29, 1.82) is 0 Å². The van der Waals surface area contributed by atoms with E-state index in [4.69, 9.17) is 0 Å². The Bertz CT molecular complexity index is 666. The standard InChI is InChI=1S/C16H19NO2S/c1-9-6-7-11(8-10(9)2)13-12(14(18)19)17-15(20-13)16(3,4)5/h6-8H,1-5H3,(H,18,19). The highest BCUT2D eigenvalue weighted by molar-refractivity contribution is 7.15. The van der Waals surface area contributed by atoms with Gasteiger partial charge in [-0.25, -0.2) is 9.78 Å². The van der Waals surface area contributed by atoms with E-state index in [2.05, 4.69) is 4.98 Å². The van der Waals surface area contributed by atoms with E-state index in [1.165, 1.54) is 16.9 Å². The van der Waals surface area contributed by atoms with Crippen LogP contribution in [0, 0.1) is 13.8 Å². The molecule has 0 unspecified atom stereocenters. The highest BCUT2D eigenvalue weighted by atomic mass is 32.1. The molecule has 0 saturated heterocycles. The Morgan fingerprint density at radius 1 is 1.20 bits per heavy atom. The number of hydrogen-bond donors (Lipinski definition) is 1. The third-order valence-corrected chi connectivity index (χ3v) is 4.77. The molecule has 2 rings (SSSR count). The first-order valence-electron chi connectivity index (χ1n) is 6.52. The lowest BCUT2D eigenvalue weighted by Crippen LogP contribution is -2.11. The average molecular weight is 289 g/mol. The molecular formula is C16H19NO2S. The van der Waals surface area contributed by atoms with Gasteiger partial charge in [-0.05, 0) is 30.5 Å². The van der Waals surface area contributed by atoms with Crippen molar-refractivity contribution >= 4 is 17.3 Å². The van der Waals surface area contributed by atoms with Crippen LogP contribution in [0.3, 0.4) is 0 Å². The van der Waals surface area contributed by atoms with E-state index in [0.717, 1.165) is 21.0 Å². The van der Waals surface area contributed by atoms with Gasteiger partial charge in [0.15, 0.2) is 5.69 Å². The molecule has 0 atom stereocenters. The zero-order chi connectivity index (χ0) is 15.1. The van der Waals surface area contributed by atoms with E-state index in [1.54, 1.807) is 0 Å². The van der Waals surface area contributed by atoms with Crippen LogP contribution in [0.1, 0.15) is 47.4 Å². The van der Waals surface area contributed by atoms with Crippen molar-refractivity contribution in [1.82, 2.24) is 4.98 Å². The fourth-order valence-corrected chi connectivity index (χ4v) is 2.98. The molecule has 20 heavy (non-hydrogen) atoms. The summed E-state index contributed by atoms with van der Waals surface area (Å²) in [5.41, 5.74) is 3.30. The van der Waals surface area contributed by atoms with Crippen LogP contribution in [0.5, 0.6) is 0 Å². The van der Waals surface area contributed by atoms with Crippen LogP contribution in [0.15, 0.2) is 18.2 Å². The third-order valence-electron chi connectivity index (χ3n) is 3.24. The van der Waals surface area contributed by atoms with Crippen molar-refractivity contribution in [2.45, 2.75) is 40.0 Å². The van der Waals surface area contributed by atoms with Crippen LogP contribution >= 0.6 is 11.3 Å². The van der Waals surface area contributed by atoms with Gasteiger partial charge in [0.2, 0.25) is 0 Å².